The number of aromatic amines is 1. The Labute approximate surface area is 113 Å². The standard InChI is InChI=1S/C12H12N2O4S/c1-2-18-11(17)7-3-4-8-9(5-7)14-12(13-8)19-6-10(15)16/h3-5H,2,6H2,1H3,(H,13,14)(H,15,16). The van der Waals surface area contributed by atoms with Crippen LogP contribution in [-0.2, 0) is 9.53 Å². The highest BCUT2D eigenvalue weighted by molar-refractivity contribution is 7.99. The van der Waals surface area contributed by atoms with E-state index in [1.54, 1.807) is 25.1 Å². The fourth-order valence-electron chi connectivity index (χ4n) is 1.52. The summed E-state index contributed by atoms with van der Waals surface area (Å²) in [7, 11) is 0. The van der Waals surface area contributed by atoms with E-state index < -0.39 is 11.9 Å². The lowest BCUT2D eigenvalue weighted by molar-refractivity contribution is -0.133. The van der Waals surface area contributed by atoms with Gasteiger partial charge in [-0.25, -0.2) is 9.78 Å². The summed E-state index contributed by atoms with van der Waals surface area (Å²) in [5, 5.41) is 9.11. The lowest BCUT2D eigenvalue weighted by atomic mass is 10.2. The van der Waals surface area contributed by atoms with Gasteiger partial charge in [-0.1, -0.05) is 11.8 Å². The molecule has 2 rings (SSSR count). The first-order chi connectivity index (χ1) is 9.10. The van der Waals surface area contributed by atoms with Gasteiger partial charge in [-0.05, 0) is 25.1 Å². The number of thioether (sulfide) groups is 1. The molecule has 0 aliphatic carbocycles. The molecule has 0 bridgehead atoms. The summed E-state index contributed by atoms with van der Waals surface area (Å²) in [6.45, 7) is 2.06. The first-order valence-electron chi connectivity index (χ1n) is 5.61. The van der Waals surface area contributed by atoms with Crippen LogP contribution in [0.4, 0.5) is 0 Å². The predicted molar refractivity (Wildman–Crippen MR) is 70.4 cm³/mol. The molecule has 0 aliphatic heterocycles. The molecule has 0 unspecified atom stereocenters. The number of fused-ring (bicyclic) bond motifs is 1. The maximum absolute atomic E-state index is 11.6. The van der Waals surface area contributed by atoms with Gasteiger partial charge >= 0.3 is 11.9 Å². The van der Waals surface area contributed by atoms with Crippen molar-refractivity contribution in [2.24, 2.45) is 0 Å². The molecule has 0 spiro atoms. The third kappa shape index (κ3) is 3.25. The summed E-state index contributed by atoms with van der Waals surface area (Å²) in [4.78, 5) is 29.3. The second-order valence-electron chi connectivity index (χ2n) is 3.68. The zero-order valence-electron chi connectivity index (χ0n) is 10.2. The van der Waals surface area contributed by atoms with Crippen molar-refractivity contribution in [3.8, 4) is 0 Å². The molecule has 1 heterocycles. The van der Waals surface area contributed by atoms with Gasteiger partial charge in [0, 0.05) is 0 Å². The first kappa shape index (κ1) is 13.4. The zero-order chi connectivity index (χ0) is 13.8. The Balaban J connectivity index is 2.23. The summed E-state index contributed by atoms with van der Waals surface area (Å²) in [5.41, 5.74) is 1.79. The van der Waals surface area contributed by atoms with E-state index >= 15 is 0 Å². The Morgan fingerprint density at radius 2 is 2.26 bits per heavy atom. The number of aliphatic carboxylic acids is 1. The first-order valence-corrected chi connectivity index (χ1v) is 6.60. The molecule has 6 nitrogen and oxygen atoms in total. The van der Waals surface area contributed by atoms with Crippen LogP contribution in [0.15, 0.2) is 23.4 Å². The number of rotatable bonds is 5. The zero-order valence-corrected chi connectivity index (χ0v) is 11.0. The molecule has 2 N–H and O–H groups in total. The van der Waals surface area contributed by atoms with E-state index in [1.807, 2.05) is 0 Å². The molecule has 19 heavy (non-hydrogen) atoms. The Morgan fingerprint density at radius 1 is 1.47 bits per heavy atom. The van der Waals surface area contributed by atoms with Crippen LogP contribution in [0.3, 0.4) is 0 Å². The number of nitrogens with zero attached hydrogens (tertiary/aromatic N) is 1. The fourth-order valence-corrected chi connectivity index (χ4v) is 2.13. The van der Waals surface area contributed by atoms with Crippen LogP contribution in [0.25, 0.3) is 11.0 Å². The average Bonchev–Trinajstić information content (AvgIpc) is 2.78. The van der Waals surface area contributed by atoms with Gasteiger partial charge in [-0.2, -0.15) is 0 Å². The van der Waals surface area contributed by atoms with E-state index in [1.165, 1.54) is 0 Å². The number of carboxylic acids is 1. The van der Waals surface area contributed by atoms with Crippen LogP contribution < -0.4 is 0 Å². The topological polar surface area (TPSA) is 92.3 Å². The summed E-state index contributed by atoms with van der Waals surface area (Å²) in [6.07, 6.45) is 0. The molecule has 0 fully saturated rings. The molecule has 0 amide bonds. The molecular formula is C12H12N2O4S. The molecule has 0 saturated heterocycles. The van der Waals surface area contributed by atoms with Gasteiger partial charge in [-0.15, -0.1) is 0 Å². The third-order valence-electron chi connectivity index (χ3n) is 2.30. The monoisotopic (exact) mass is 280 g/mol. The molecule has 0 atom stereocenters. The molecule has 0 aliphatic rings. The number of hydrogen-bond donors (Lipinski definition) is 2. The molecule has 0 radical (unpaired) electrons. The molecule has 7 heteroatoms. The van der Waals surface area contributed by atoms with Gasteiger partial charge in [0.2, 0.25) is 0 Å². The number of carboxylic acid groups (broad SMARTS) is 1. The second-order valence-corrected chi connectivity index (χ2v) is 4.64. The van der Waals surface area contributed by atoms with E-state index in [-0.39, 0.29) is 5.75 Å². The minimum Gasteiger partial charge on any atom is -0.481 e. The number of benzene rings is 1. The van der Waals surface area contributed by atoms with Gasteiger partial charge in [0.05, 0.1) is 29.0 Å². The Kier molecular flexibility index (Phi) is 4.06. The minimum absolute atomic E-state index is 0.0649. The molecule has 1 aromatic heterocycles. The summed E-state index contributed by atoms with van der Waals surface area (Å²) in [6, 6.07) is 4.98. The van der Waals surface area contributed by atoms with Crippen molar-refractivity contribution in [1.29, 1.82) is 0 Å². The number of carbonyl (C=O) groups is 2. The molecule has 100 valence electrons. The smallest absolute Gasteiger partial charge is 0.338 e. The summed E-state index contributed by atoms with van der Waals surface area (Å²) >= 11 is 1.10. The van der Waals surface area contributed by atoms with Crippen molar-refractivity contribution in [1.82, 2.24) is 9.97 Å². The highest BCUT2D eigenvalue weighted by Crippen LogP contribution is 2.20. The SMILES string of the molecule is CCOC(=O)c1ccc2[nH]c(SCC(=O)O)nc2c1. The number of nitrogens with one attached hydrogen (secondary N) is 1. The maximum Gasteiger partial charge on any atom is 0.338 e. The van der Waals surface area contributed by atoms with Crippen molar-refractivity contribution in [3.05, 3.63) is 23.8 Å². The van der Waals surface area contributed by atoms with Crippen LogP contribution in [0.5, 0.6) is 0 Å². The van der Waals surface area contributed by atoms with Crippen molar-refractivity contribution in [2.75, 3.05) is 12.4 Å². The minimum atomic E-state index is -0.905. The van der Waals surface area contributed by atoms with E-state index in [4.69, 9.17) is 9.84 Å². The van der Waals surface area contributed by atoms with E-state index in [9.17, 15) is 9.59 Å². The number of imidazole rings is 1. The fraction of sp³-hybridized carbons (Fsp3) is 0.250. The number of aromatic nitrogens is 2. The normalized spacial score (nSPS) is 10.6. The molecule has 2 aromatic rings. The van der Waals surface area contributed by atoms with Gasteiger partial charge in [0.1, 0.15) is 0 Å². The maximum atomic E-state index is 11.6. The van der Waals surface area contributed by atoms with E-state index in [0.717, 1.165) is 17.3 Å². The summed E-state index contributed by atoms with van der Waals surface area (Å²) < 4.78 is 4.90. The lowest BCUT2D eigenvalue weighted by Gasteiger charge is -2.00. The predicted octanol–water partition coefficient (Wildman–Crippen LogP) is 1.92. The lowest BCUT2D eigenvalue weighted by Crippen LogP contribution is -2.04. The second kappa shape index (κ2) is 5.75. The van der Waals surface area contributed by atoms with Gasteiger partial charge in [-0.3, -0.25) is 4.79 Å². The van der Waals surface area contributed by atoms with Crippen LogP contribution in [0, 0.1) is 0 Å². The highest BCUT2D eigenvalue weighted by Gasteiger charge is 2.10. The van der Waals surface area contributed by atoms with Crippen molar-refractivity contribution < 1.29 is 19.4 Å². The van der Waals surface area contributed by atoms with E-state index in [2.05, 4.69) is 9.97 Å². The quantitative estimate of drug-likeness (QED) is 0.642. The van der Waals surface area contributed by atoms with Crippen LogP contribution >= 0.6 is 11.8 Å². The molecule has 1 aromatic carbocycles. The van der Waals surface area contributed by atoms with Crippen molar-refractivity contribution in [3.63, 3.8) is 0 Å². The number of ether oxygens (including phenoxy) is 1. The Bertz CT molecular complexity index is 623. The average molecular weight is 280 g/mol. The van der Waals surface area contributed by atoms with Gasteiger partial charge in [0.25, 0.3) is 0 Å². The van der Waals surface area contributed by atoms with Crippen LogP contribution in [0.1, 0.15) is 17.3 Å². The third-order valence-corrected chi connectivity index (χ3v) is 3.16. The van der Waals surface area contributed by atoms with Gasteiger partial charge < -0.3 is 14.8 Å². The number of hydrogen-bond acceptors (Lipinski definition) is 5. The number of H-pyrrole nitrogens is 1. The number of esters is 1. The largest absolute Gasteiger partial charge is 0.481 e. The van der Waals surface area contributed by atoms with Gasteiger partial charge in [0.15, 0.2) is 5.16 Å². The van der Waals surface area contributed by atoms with Crippen LogP contribution in [-0.4, -0.2) is 39.4 Å². The van der Waals surface area contributed by atoms with Crippen molar-refractivity contribution >= 4 is 34.7 Å². The molecule has 0 saturated carbocycles. The molecular weight excluding hydrogens is 268 g/mol. The van der Waals surface area contributed by atoms with Crippen molar-refractivity contribution in [2.45, 2.75) is 12.1 Å². The van der Waals surface area contributed by atoms with Crippen LogP contribution in [0.2, 0.25) is 0 Å². The Hall–Kier alpha value is -2.02. The Morgan fingerprint density at radius 3 is 2.95 bits per heavy atom. The highest BCUT2D eigenvalue weighted by atomic mass is 32.2. The van der Waals surface area contributed by atoms with E-state index in [0.29, 0.717) is 22.8 Å². The number of carbonyl (C=O) groups excluding carboxylic acids is 1. The summed E-state index contributed by atoms with van der Waals surface area (Å²) in [5.74, 6) is -1.37.